The van der Waals surface area contributed by atoms with Gasteiger partial charge < -0.3 is 5.11 Å². The van der Waals surface area contributed by atoms with E-state index in [0.29, 0.717) is 0 Å². The molecule has 0 fully saturated rings. The van der Waals surface area contributed by atoms with Crippen LogP contribution < -0.4 is 0 Å². The highest BCUT2D eigenvalue weighted by Gasteiger charge is 1.92. The predicted octanol–water partition coefficient (Wildman–Crippen LogP) is 2.36. The molecule has 0 heterocycles. The Morgan fingerprint density at radius 2 is 2.10 bits per heavy atom. The van der Waals surface area contributed by atoms with Gasteiger partial charge in [0.15, 0.2) is 0 Å². The summed E-state index contributed by atoms with van der Waals surface area (Å²) < 4.78 is 0. The van der Waals surface area contributed by atoms with Crippen molar-refractivity contribution in [2.75, 3.05) is 6.61 Å². The Hall–Kier alpha value is -0.300. The van der Waals surface area contributed by atoms with E-state index in [-0.39, 0.29) is 6.61 Å². The number of hydrogen-bond acceptors (Lipinski definition) is 1. The molecule has 0 rings (SSSR count). The van der Waals surface area contributed by atoms with Crippen molar-refractivity contribution in [2.45, 2.75) is 33.1 Å². The Labute approximate surface area is 63.8 Å². The van der Waals surface area contributed by atoms with E-state index in [9.17, 15) is 0 Å². The van der Waals surface area contributed by atoms with Gasteiger partial charge in [-0.3, -0.25) is 0 Å². The summed E-state index contributed by atoms with van der Waals surface area (Å²) in [5, 5.41) is 8.44. The quantitative estimate of drug-likeness (QED) is 0.584. The lowest BCUT2D eigenvalue weighted by molar-refractivity contribution is 0.302. The van der Waals surface area contributed by atoms with E-state index < -0.39 is 0 Å². The summed E-state index contributed by atoms with van der Waals surface area (Å²) in [7, 11) is 0. The fraction of sp³-hybridized carbons (Fsp3) is 0.778. The molecule has 0 aromatic heterocycles. The average molecular weight is 142 g/mol. The number of allylic oxidation sites excluding steroid dienone is 1. The lowest BCUT2D eigenvalue weighted by atomic mass is 10.1. The van der Waals surface area contributed by atoms with Gasteiger partial charge in [-0.05, 0) is 18.8 Å². The van der Waals surface area contributed by atoms with Crippen LogP contribution in [0.3, 0.4) is 0 Å². The Kier molecular flexibility index (Phi) is 6.61. The maximum atomic E-state index is 8.44. The standard InChI is InChI=1S/C9H18O/c1-3-9(2)7-5-4-6-8-10/h4-5,9-10H,3,6-8H2,1-2H3/b5-4+/t9-/m0/s1. The van der Waals surface area contributed by atoms with Gasteiger partial charge in [0.05, 0.1) is 0 Å². The number of aliphatic hydroxyl groups is 1. The minimum atomic E-state index is 0.275. The molecule has 0 bridgehead atoms. The Balaban J connectivity index is 3.16. The molecular formula is C9H18O. The average Bonchev–Trinajstić information content (AvgIpc) is 1.98. The summed E-state index contributed by atoms with van der Waals surface area (Å²) in [6.07, 6.45) is 7.40. The molecule has 0 aliphatic heterocycles. The van der Waals surface area contributed by atoms with E-state index in [1.165, 1.54) is 6.42 Å². The fourth-order valence-electron chi connectivity index (χ4n) is 0.688. The summed E-state index contributed by atoms with van der Waals surface area (Å²) in [6.45, 7) is 4.71. The predicted molar refractivity (Wildman–Crippen MR) is 44.9 cm³/mol. The number of hydrogen-bond donors (Lipinski definition) is 1. The SMILES string of the molecule is CC[C@H](C)C/C=C/CCO. The Morgan fingerprint density at radius 1 is 1.40 bits per heavy atom. The van der Waals surface area contributed by atoms with Gasteiger partial charge in [-0.25, -0.2) is 0 Å². The first-order chi connectivity index (χ1) is 4.81. The van der Waals surface area contributed by atoms with E-state index in [0.717, 1.165) is 18.8 Å². The highest BCUT2D eigenvalue weighted by Crippen LogP contribution is 2.06. The first-order valence-electron chi connectivity index (χ1n) is 4.07. The summed E-state index contributed by atoms with van der Waals surface area (Å²) >= 11 is 0. The number of rotatable bonds is 5. The van der Waals surface area contributed by atoms with Crippen LogP contribution in [0.2, 0.25) is 0 Å². The summed E-state index contributed by atoms with van der Waals surface area (Å²) in [5.41, 5.74) is 0. The molecule has 0 amide bonds. The molecule has 1 atom stereocenters. The first-order valence-corrected chi connectivity index (χ1v) is 4.07. The molecule has 1 heteroatoms. The van der Waals surface area contributed by atoms with Gasteiger partial charge in [0.25, 0.3) is 0 Å². The van der Waals surface area contributed by atoms with Crippen molar-refractivity contribution in [3.05, 3.63) is 12.2 Å². The molecule has 0 aliphatic rings. The topological polar surface area (TPSA) is 20.2 Å². The van der Waals surface area contributed by atoms with Gasteiger partial charge in [0.2, 0.25) is 0 Å². The number of aliphatic hydroxyl groups excluding tert-OH is 1. The largest absolute Gasteiger partial charge is 0.396 e. The van der Waals surface area contributed by atoms with E-state index in [1.54, 1.807) is 0 Å². The van der Waals surface area contributed by atoms with Crippen LogP contribution in [0.15, 0.2) is 12.2 Å². The van der Waals surface area contributed by atoms with Crippen molar-refractivity contribution in [3.63, 3.8) is 0 Å². The van der Waals surface area contributed by atoms with E-state index in [4.69, 9.17) is 5.11 Å². The molecule has 0 saturated carbocycles. The second kappa shape index (κ2) is 6.81. The monoisotopic (exact) mass is 142 g/mol. The van der Waals surface area contributed by atoms with Gasteiger partial charge in [0, 0.05) is 6.61 Å². The highest BCUT2D eigenvalue weighted by atomic mass is 16.2. The lowest BCUT2D eigenvalue weighted by Crippen LogP contribution is -1.87. The molecule has 1 nitrogen and oxygen atoms in total. The minimum Gasteiger partial charge on any atom is -0.396 e. The zero-order valence-corrected chi connectivity index (χ0v) is 7.01. The van der Waals surface area contributed by atoms with Crippen molar-refractivity contribution >= 4 is 0 Å². The maximum absolute atomic E-state index is 8.44. The van der Waals surface area contributed by atoms with Crippen LogP contribution in [0.5, 0.6) is 0 Å². The third kappa shape index (κ3) is 5.83. The molecule has 0 spiro atoms. The van der Waals surface area contributed by atoms with E-state index >= 15 is 0 Å². The van der Waals surface area contributed by atoms with Crippen LogP contribution in [-0.4, -0.2) is 11.7 Å². The van der Waals surface area contributed by atoms with Gasteiger partial charge in [-0.1, -0.05) is 32.4 Å². The van der Waals surface area contributed by atoms with Crippen molar-refractivity contribution in [3.8, 4) is 0 Å². The van der Waals surface area contributed by atoms with Crippen molar-refractivity contribution in [2.24, 2.45) is 5.92 Å². The molecule has 0 aliphatic carbocycles. The molecule has 0 unspecified atom stereocenters. The smallest absolute Gasteiger partial charge is 0.0465 e. The van der Waals surface area contributed by atoms with E-state index in [1.807, 2.05) is 6.08 Å². The van der Waals surface area contributed by atoms with Crippen LogP contribution in [0.1, 0.15) is 33.1 Å². The normalized spacial score (nSPS) is 14.3. The van der Waals surface area contributed by atoms with Crippen molar-refractivity contribution < 1.29 is 5.11 Å². The van der Waals surface area contributed by atoms with Crippen LogP contribution in [0.4, 0.5) is 0 Å². The van der Waals surface area contributed by atoms with Crippen LogP contribution >= 0.6 is 0 Å². The molecule has 1 N–H and O–H groups in total. The van der Waals surface area contributed by atoms with Gasteiger partial charge in [-0.15, -0.1) is 0 Å². The van der Waals surface area contributed by atoms with Gasteiger partial charge in [-0.2, -0.15) is 0 Å². The molecule has 0 aromatic rings. The molecule has 0 saturated heterocycles. The van der Waals surface area contributed by atoms with Crippen LogP contribution in [0.25, 0.3) is 0 Å². The Morgan fingerprint density at radius 3 is 2.60 bits per heavy atom. The van der Waals surface area contributed by atoms with E-state index in [2.05, 4.69) is 19.9 Å². The molecule has 10 heavy (non-hydrogen) atoms. The molecule has 0 aromatic carbocycles. The molecule has 60 valence electrons. The van der Waals surface area contributed by atoms with Crippen LogP contribution in [-0.2, 0) is 0 Å². The molecular weight excluding hydrogens is 124 g/mol. The fourth-order valence-corrected chi connectivity index (χ4v) is 0.688. The minimum absolute atomic E-state index is 0.275. The highest BCUT2D eigenvalue weighted by molar-refractivity contribution is 4.82. The summed E-state index contributed by atoms with van der Waals surface area (Å²) in [4.78, 5) is 0. The van der Waals surface area contributed by atoms with Crippen LogP contribution in [0, 0.1) is 5.92 Å². The summed E-state index contributed by atoms with van der Waals surface area (Å²) in [5.74, 6) is 0.787. The molecule has 0 radical (unpaired) electrons. The first kappa shape index (κ1) is 9.70. The second-order valence-corrected chi connectivity index (χ2v) is 2.73. The van der Waals surface area contributed by atoms with Gasteiger partial charge in [0.1, 0.15) is 0 Å². The third-order valence-corrected chi connectivity index (χ3v) is 1.70. The lowest BCUT2D eigenvalue weighted by Gasteiger charge is -2.01. The zero-order valence-electron chi connectivity index (χ0n) is 7.01. The van der Waals surface area contributed by atoms with Gasteiger partial charge >= 0.3 is 0 Å². The summed E-state index contributed by atoms with van der Waals surface area (Å²) in [6, 6.07) is 0. The second-order valence-electron chi connectivity index (χ2n) is 2.73. The zero-order chi connectivity index (χ0) is 7.82. The van der Waals surface area contributed by atoms with Crippen molar-refractivity contribution in [1.29, 1.82) is 0 Å². The Bertz CT molecular complexity index is 86.7. The third-order valence-electron chi connectivity index (χ3n) is 1.70. The maximum Gasteiger partial charge on any atom is 0.0465 e. The van der Waals surface area contributed by atoms with Crippen molar-refractivity contribution in [1.82, 2.24) is 0 Å².